The maximum atomic E-state index is 13.4. The molecule has 0 aliphatic carbocycles. The number of halogens is 2. The van der Waals surface area contributed by atoms with Crippen LogP contribution in [-0.2, 0) is 12.3 Å². The van der Waals surface area contributed by atoms with Gasteiger partial charge in [-0.15, -0.1) is 10.2 Å². The summed E-state index contributed by atoms with van der Waals surface area (Å²) >= 11 is 7.75. The SMILES string of the molecule is Fc1ccc2nc(Cl)c(Cn3nnc(SCc4ccccc4)n3)cc2c1. The van der Waals surface area contributed by atoms with Gasteiger partial charge in [0.1, 0.15) is 11.0 Å². The largest absolute Gasteiger partial charge is 0.236 e. The number of hydrogen-bond donors (Lipinski definition) is 0. The normalized spacial score (nSPS) is 11.2. The highest BCUT2D eigenvalue weighted by Crippen LogP contribution is 2.22. The van der Waals surface area contributed by atoms with E-state index in [1.807, 2.05) is 18.2 Å². The smallest absolute Gasteiger partial charge is 0.231 e. The third-order valence-electron chi connectivity index (χ3n) is 3.76. The molecule has 26 heavy (non-hydrogen) atoms. The van der Waals surface area contributed by atoms with Crippen LogP contribution in [0.5, 0.6) is 0 Å². The third kappa shape index (κ3) is 3.84. The van der Waals surface area contributed by atoms with Crippen molar-refractivity contribution in [2.75, 3.05) is 0 Å². The van der Waals surface area contributed by atoms with Gasteiger partial charge in [0.2, 0.25) is 5.16 Å². The average molecular weight is 386 g/mol. The van der Waals surface area contributed by atoms with Crippen LogP contribution >= 0.6 is 23.4 Å². The second-order valence-corrected chi connectivity index (χ2v) is 6.95. The van der Waals surface area contributed by atoms with Crippen molar-refractivity contribution in [3.05, 3.63) is 76.7 Å². The Morgan fingerprint density at radius 1 is 1.08 bits per heavy atom. The van der Waals surface area contributed by atoms with Crippen molar-refractivity contribution in [3.63, 3.8) is 0 Å². The lowest BCUT2D eigenvalue weighted by atomic mass is 10.1. The van der Waals surface area contributed by atoms with Gasteiger partial charge in [0.05, 0.1) is 12.1 Å². The fourth-order valence-electron chi connectivity index (χ4n) is 2.51. The molecule has 0 aliphatic rings. The summed E-state index contributed by atoms with van der Waals surface area (Å²) in [5.74, 6) is 0.454. The van der Waals surface area contributed by atoms with E-state index in [2.05, 4.69) is 32.5 Å². The Balaban J connectivity index is 1.50. The molecule has 8 heteroatoms. The van der Waals surface area contributed by atoms with Crippen LogP contribution in [0.2, 0.25) is 5.15 Å². The Morgan fingerprint density at radius 3 is 2.77 bits per heavy atom. The van der Waals surface area contributed by atoms with Crippen molar-refractivity contribution in [2.24, 2.45) is 0 Å². The molecule has 2 aromatic heterocycles. The van der Waals surface area contributed by atoms with Crippen LogP contribution in [0, 0.1) is 5.82 Å². The van der Waals surface area contributed by atoms with Crippen LogP contribution in [0.25, 0.3) is 10.9 Å². The first-order valence-electron chi connectivity index (χ1n) is 7.86. The summed E-state index contributed by atoms with van der Waals surface area (Å²) in [5.41, 5.74) is 2.55. The molecule has 0 radical (unpaired) electrons. The zero-order valence-corrected chi connectivity index (χ0v) is 15.1. The number of pyridine rings is 1. The molecule has 0 spiro atoms. The van der Waals surface area contributed by atoms with Gasteiger partial charge >= 0.3 is 0 Å². The maximum Gasteiger partial charge on any atom is 0.231 e. The molecule has 0 atom stereocenters. The van der Waals surface area contributed by atoms with E-state index in [0.717, 1.165) is 5.75 Å². The first-order chi connectivity index (χ1) is 12.7. The standard InChI is InChI=1S/C18H13ClFN5S/c19-17-14(8-13-9-15(20)6-7-16(13)21-17)10-25-23-18(22-24-25)26-11-12-4-2-1-3-5-12/h1-9H,10-11H2. The van der Waals surface area contributed by atoms with Crippen LogP contribution < -0.4 is 0 Å². The van der Waals surface area contributed by atoms with Gasteiger partial charge in [-0.3, -0.25) is 0 Å². The van der Waals surface area contributed by atoms with E-state index in [1.165, 1.54) is 34.3 Å². The molecule has 0 unspecified atom stereocenters. The van der Waals surface area contributed by atoms with Crippen LogP contribution in [-0.4, -0.2) is 25.2 Å². The molecule has 2 aromatic carbocycles. The number of rotatable bonds is 5. The predicted octanol–water partition coefficient (Wildman–Crippen LogP) is 4.35. The number of hydrogen-bond acceptors (Lipinski definition) is 5. The summed E-state index contributed by atoms with van der Waals surface area (Å²) in [6, 6.07) is 16.3. The third-order valence-corrected chi connectivity index (χ3v) is 4.99. The van der Waals surface area contributed by atoms with Gasteiger partial charge in [0.15, 0.2) is 0 Å². The first kappa shape index (κ1) is 16.9. The highest BCUT2D eigenvalue weighted by molar-refractivity contribution is 7.98. The highest BCUT2D eigenvalue weighted by atomic mass is 35.5. The molecule has 0 saturated carbocycles. The van der Waals surface area contributed by atoms with E-state index < -0.39 is 0 Å². The second kappa shape index (κ2) is 7.39. The molecule has 4 aromatic rings. The Hall–Kier alpha value is -2.51. The molecule has 0 saturated heterocycles. The van der Waals surface area contributed by atoms with Gasteiger partial charge in [-0.1, -0.05) is 53.7 Å². The van der Waals surface area contributed by atoms with Crippen molar-refractivity contribution < 1.29 is 4.39 Å². The van der Waals surface area contributed by atoms with E-state index in [1.54, 1.807) is 12.1 Å². The van der Waals surface area contributed by atoms with Crippen LogP contribution in [0.3, 0.4) is 0 Å². The van der Waals surface area contributed by atoms with Crippen LogP contribution in [0.4, 0.5) is 4.39 Å². The summed E-state index contributed by atoms with van der Waals surface area (Å²) in [6.45, 7) is 0.317. The van der Waals surface area contributed by atoms with Crippen molar-refractivity contribution in [2.45, 2.75) is 17.5 Å². The topological polar surface area (TPSA) is 56.5 Å². The van der Waals surface area contributed by atoms with E-state index in [0.29, 0.717) is 33.3 Å². The molecule has 5 nitrogen and oxygen atoms in total. The van der Waals surface area contributed by atoms with Crippen molar-refractivity contribution in [1.29, 1.82) is 0 Å². The number of benzene rings is 2. The fraction of sp³-hybridized carbons (Fsp3) is 0.111. The summed E-state index contributed by atoms with van der Waals surface area (Å²) in [5, 5.41) is 14.1. The lowest BCUT2D eigenvalue weighted by molar-refractivity contribution is 0.568. The summed E-state index contributed by atoms with van der Waals surface area (Å²) in [6.07, 6.45) is 0. The van der Waals surface area contributed by atoms with E-state index in [4.69, 9.17) is 11.6 Å². The summed E-state index contributed by atoms with van der Waals surface area (Å²) in [4.78, 5) is 5.76. The van der Waals surface area contributed by atoms with Crippen LogP contribution in [0.1, 0.15) is 11.1 Å². The predicted molar refractivity (Wildman–Crippen MR) is 99.6 cm³/mol. The lowest BCUT2D eigenvalue weighted by Crippen LogP contribution is -2.05. The lowest BCUT2D eigenvalue weighted by Gasteiger charge is -2.05. The Labute approximate surface area is 158 Å². The molecule has 0 fully saturated rings. The first-order valence-corrected chi connectivity index (χ1v) is 9.23. The molecule has 130 valence electrons. The molecular weight excluding hydrogens is 373 g/mol. The molecular formula is C18H13ClFN5S. The van der Waals surface area contributed by atoms with Gasteiger partial charge < -0.3 is 0 Å². The number of tetrazole rings is 1. The molecule has 2 heterocycles. The number of fused-ring (bicyclic) bond motifs is 1. The number of nitrogens with zero attached hydrogens (tertiary/aromatic N) is 5. The minimum absolute atomic E-state index is 0.314. The minimum atomic E-state index is -0.314. The monoisotopic (exact) mass is 385 g/mol. The quantitative estimate of drug-likeness (QED) is 0.377. The molecule has 0 aliphatic heterocycles. The zero-order valence-electron chi connectivity index (χ0n) is 13.5. The Bertz CT molecular complexity index is 1050. The average Bonchev–Trinajstić information content (AvgIpc) is 3.09. The van der Waals surface area contributed by atoms with E-state index >= 15 is 0 Å². The Kier molecular flexibility index (Phi) is 4.81. The van der Waals surface area contributed by atoms with Crippen molar-refractivity contribution in [1.82, 2.24) is 25.2 Å². The van der Waals surface area contributed by atoms with Gasteiger partial charge in [-0.05, 0) is 35.0 Å². The molecule has 0 bridgehead atoms. The zero-order chi connectivity index (χ0) is 17.9. The van der Waals surface area contributed by atoms with E-state index in [9.17, 15) is 4.39 Å². The van der Waals surface area contributed by atoms with Gasteiger partial charge in [0, 0.05) is 16.7 Å². The van der Waals surface area contributed by atoms with Crippen molar-refractivity contribution >= 4 is 34.3 Å². The maximum absolute atomic E-state index is 13.4. The summed E-state index contributed by atoms with van der Waals surface area (Å²) < 4.78 is 13.4. The highest BCUT2D eigenvalue weighted by Gasteiger charge is 2.10. The second-order valence-electron chi connectivity index (χ2n) is 5.65. The molecule has 4 rings (SSSR count). The minimum Gasteiger partial charge on any atom is -0.236 e. The van der Waals surface area contributed by atoms with Crippen LogP contribution in [0.15, 0.2) is 59.8 Å². The van der Waals surface area contributed by atoms with E-state index in [-0.39, 0.29) is 5.82 Å². The summed E-state index contributed by atoms with van der Waals surface area (Å²) in [7, 11) is 0. The van der Waals surface area contributed by atoms with Gasteiger partial charge in [-0.2, -0.15) is 4.80 Å². The van der Waals surface area contributed by atoms with Gasteiger partial charge in [-0.25, -0.2) is 9.37 Å². The number of thioether (sulfide) groups is 1. The molecule has 0 amide bonds. The number of aromatic nitrogens is 5. The Morgan fingerprint density at radius 2 is 1.92 bits per heavy atom. The van der Waals surface area contributed by atoms with Crippen molar-refractivity contribution in [3.8, 4) is 0 Å². The fourth-order valence-corrected chi connectivity index (χ4v) is 3.45. The molecule has 0 N–H and O–H groups in total. The van der Waals surface area contributed by atoms with Gasteiger partial charge in [0.25, 0.3) is 0 Å².